The Morgan fingerprint density at radius 2 is 0.631 bits per heavy atom. The van der Waals surface area contributed by atoms with Crippen LogP contribution in [0.25, 0.3) is 55.6 Å². The number of fused-ring (bicyclic) bond motifs is 9. The van der Waals surface area contributed by atoms with Crippen molar-refractivity contribution in [1.82, 2.24) is 0 Å². The fourth-order valence-electron chi connectivity index (χ4n) is 11.1. The molecule has 10 aromatic carbocycles. The Bertz CT molecular complexity index is 3310. The Labute approximate surface area is 382 Å². The molecule has 2 aliphatic carbocycles. The first-order chi connectivity index (χ1) is 32.0. The minimum absolute atomic E-state index is 0.137. The van der Waals surface area contributed by atoms with Gasteiger partial charge in [0.1, 0.15) is 0 Å². The second-order valence-corrected chi connectivity index (χ2v) is 18.0. The Hall–Kier alpha value is -8.00. The topological polar surface area (TPSA) is 3.24 Å². The van der Waals surface area contributed by atoms with Gasteiger partial charge in [0.2, 0.25) is 0 Å². The van der Waals surface area contributed by atoms with E-state index in [-0.39, 0.29) is 5.41 Å². The van der Waals surface area contributed by atoms with Crippen LogP contribution in [0.3, 0.4) is 0 Å². The first kappa shape index (κ1) is 38.7. The summed E-state index contributed by atoms with van der Waals surface area (Å²) in [7, 11) is 0. The molecular weight excluding hydrogens is 783 g/mol. The van der Waals surface area contributed by atoms with Gasteiger partial charge < -0.3 is 4.90 Å². The molecular formula is C64H47N. The first-order valence-electron chi connectivity index (χ1n) is 22.8. The highest BCUT2D eigenvalue weighted by atomic mass is 15.1. The van der Waals surface area contributed by atoms with Crippen molar-refractivity contribution in [3.05, 3.63) is 282 Å². The molecule has 1 heteroatoms. The molecule has 0 saturated heterocycles. The van der Waals surface area contributed by atoms with Crippen LogP contribution in [-0.2, 0) is 10.8 Å². The molecule has 0 aromatic heterocycles. The summed E-state index contributed by atoms with van der Waals surface area (Å²) in [5.41, 5.74) is 23.2. The van der Waals surface area contributed by atoms with Gasteiger partial charge in [-0.3, -0.25) is 0 Å². The number of nitrogens with zero attached hydrogens (tertiary/aromatic N) is 1. The zero-order valence-corrected chi connectivity index (χ0v) is 36.6. The fraction of sp³-hybridized carbons (Fsp3) is 0.0625. The third-order valence-electron chi connectivity index (χ3n) is 14.2. The molecule has 1 spiro atoms. The lowest BCUT2D eigenvalue weighted by Gasteiger charge is -2.46. The van der Waals surface area contributed by atoms with Crippen LogP contribution in [0.15, 0.2) is 249 Å². The number of para-hydroxylation sites is 1. The molecule has 0 N–H and O–H groups in total. The Morgan fingerprint density at radius 1 is 0.262 bits per heavy atom. The number of hydrogen-bond acceptors (Lipinski definition) is 1. The molecule has 0 bridgehead atoms. The molecule has 10 aromatic rings. The summed E-state index contributed by atoms with van der Waals surface area (Å²) in [5.74, 6) is 0. The van der Waals surface area contributed by atoms with Crippen molar-refractivity contribution in [2.45, 2.75) is 24.7 Å². The monoisotopic (exact) mass is 829 g/mol. The largest absolute Gasteiger partial charge is 0.310 e. The smallest absolute Gasteiger partial charge is 0.0719 e. The second kappa shape index (κ2) is 15.4. The molecule has 65 heavy (non-hydrogen) atoms. The van der Waals surface area contributed by atoms with E-state index < -0.39 is 5.41 Å². The third kappa shape index (κ3) is 6.15. The van der Waals surface area contributed by atoms with Crippen molar-refractivity contribution >= 4 is 17.1 Å². The molecule has 0 saturated carbocycles. The van der Waals surface area contributed by atoms with Gasteiger partial charge >= 0.3 is 0 Å². The maximum atomic E-state index is 2.49. The standard InChI is InChI=1S/C64H47N/c1-63(2)57-24-12-14-26-59(57)64(60-27-15-13-25-58(60)63)56-23-11-9-22-54(56)55-42-37-50(43-61(55)64)48-35-40-52(41-36-48)65(51-38-33-47(34-39-51)45-19-7-4-8-20-45)62-28-16-10-21-53(62)49-31-29-46(30-32-49)44-17-5-3-6-18-44/h3-43H,1-2H3. The lowest BCUT2D eigenvalue weighted by Crippen LogP contribution is -2.40. The summed E-state index contributed by atoms with van der Waals surface area (Å²) in [5, 5.41) is 0. The Kier molecular flexibility index (Phi) is 9.14. The summed E-state index contributed by atoms with van der Waals surface area (Å²) < 4.78 is 0. The minimum Gasteiger partial charge on any atom is -0.310 e. The lowest BCUT2D eigenvalue weighted by molar-refractivity contribution is 0.563. The van der Waals surface area contributed by atoms with Crippen LogP contribution in [0.5, 0.6) is 0 Å². The van der Waals surface area contributed by atoms with Crippen LogP contribution < -0.4 is 4.90 Å². The van der Waals surface area contributed by atoms with Gasteiger partial charge in [0, 0.05) is 22.4 Å². The van der Waals surface area contributed by atoms with E-state index in [1.54, 1.807) is 0 Å². The summed E-state index contributed by atoms with van der Waals surface area (Å²) >= 11 is 0. The number of hydrogen-bond donors (Lipinski definition) is 0. The number of anilines is 3. The van der Waals surface area contributed by atoms with E-state index in [9.17, 15) is 0 Å². The highest BCUT2D eigenvalue weighted by molar-refractivity contribution is 5.92. The molecule has 0 fully saturated rings. The molecule has 0 radical (unpaired) electrons. The van der Waals surface area contributed by atoms with E-state index in [0.717, 1.165) is 17.1 Å². The number of rotatable bonds is 7. The van der Waals surface area contributed by atoms with Gasteiger partial charge in [-0.05, 0) is 120 Å². The van der Waals surface area contributed by atoms with Gasteiger partial charge in [-0.2, -0.15) is 0 Å². The first-order valence-corrected chi connectivity index (χ1v) is 22.8. The molecule has 0 amide bonds. The molecule has 0 atom stereocenters. The molecule has 308 valence electrons. The summed E-state index contributed by atoms with van der Waals surface area (Å²) in [6.45, 7) is 4.77. The average Bonchev–Trinajstić information content (AvgIpc) is 3.67. The van der Waals surface area contributed by atoms with Crippen molar-refractivity contribution in [3.63, 3.8) is 0 Å². The summed E-state index contributed by atoms with van der Waals surface area (Å²) in [6.07, 6.45) is 0. The van der Waals surface area contributed by atoms with Crippen molar-refractivity contribution in [2.75, 3.05) is 4.90 Å². The average molecular weight is 830 g/mol. The molecule has 0 aliphatic heterocycles. The molecule has 1 nitrogen and oxygen atoms in total. The van der Waals surface area contributed by atoms with Gasteiger partial charge in [0.05, 0.1) is 11.1 Å². The summed E-state index contributed by atoms with van der Waals surface area (Å²) in [6, 6.07) is 91.8. The zero-order chi connectivity index (χ0) is 43.5. The molecule has 2 aliphatic rings. The van der Waals surface area contributed by atoms with Crippen LogP contribution in [0.2, 0.25) is 0 Å². The quantitative estimate of drug-likeness (QED) is 0.155. The van der Waals surface area contributed by atoms with Crippen LogP contribution in [0.1, 0.15) is 47.2 Å². The van der Waals surface area contributed by atoms with Gasteiger partial charge in [0.15, 0.2) is 0 Å². The van der Waals surface area contributed by atoms with Gasteiger partial charge in [-0.1, -0.05) is 226 Å². The van der Waals surface area contributed by atoms with Crippen molar-refractivity contribution in [3.8, 4) is 55.6 Å². The van der Waals surface area contributed by atoms with E-state index in [1.165, 1.54) is 89.0 Å². The minimum atomic E-state index is -0.434. The summed E-state index contributed by atoms with van der Waals surface area (Å²) in [4.78, 5) is 2.41. The highest BCUT2D eigenvalue weighted by Crippen LogP contribution is 2.62. The van der Waals surface area contributed by atoms with Crippen molar-refractivity contribution < 1.29 is 0 Å². The van der Waals surface area contributed by atoms with E-state index in [0.29, 0.717) is 0 Å². The van der Waals surface area contributed by atoms with E-state index in [4.69, 9.17) is 0 Å². The highest BCUT2D eigenvalue weighted by Gasteiger charge is 2.53. The Balaban J connectivity index is 0.983. The van der Waals surface area contributed by atoms with E-state index >= 15 is 0 Å². The molecule has 12 rings (SSSR count). The SMILES string of the molecule is CC1(C)c2ccccc2C2(c3ccccc3-c3ccc(-c4ccc(N(c5ccc(-c6ccccc6)cc5)c5ccccc5-c5ccc(-c6ccccc6)cc5)cc4)cc32)c2ccccc21. The van der Waals surface area contributed by atoms with Gasteiger partial charge in [-0.15, -0.1) is 0 Å². The van der Waals surface area contributed by atoms with Gasteiger partial charge in [-0.25, -0.2) is 0 Å². The molecule has 0 heterocycles. The third-order valence-corrected chi connectivity index (χ3v) is 14.2. The van der Waals surface area contributed by atoms with E-state index in [2.05, 4.69) is 267 Å². The van der Waals surface area contributed by atoms with Crippen molar-refractivity contribution in [1.29, 1.82) is 0 Å². The van der Waals surface area contributed by atoms with Crippen molar-refractivity contribution in [2.24, 2.45) is 0 Å². The Morgan fingerprint density at radius 3 is 1.18 bits per heavy atom. The van der Waals surface area contributed by atoms with Crippen LogP contribution in [0, 0.1) is 0 Å². The predicted octanol–water partition coefficient (Wildman–Crippen LogP) is 16.8. The second-order valence-electron chi connectivity index (χ2n) is 18.0. The maximum absolute atomic E-state index is 2.49. The zero-order valence-electron chi connectivity index (χ0n) is 36.6. The fourth-order valence-corrected chi connectivity index (χ4v) is 11.1. The van der Waals surface area contributed by atoms with E-state index in [1.807, 2.05) is 0 Å². The maximum Gasteiger partial charge on any atom is 0.0719 e. The molecule has 0 unspecified atom stereocenters. The van der Waals surface area contributed by atoms with Crippen LogP contribution in [-0.4, -0.2) is 0 Å². The lowest BCUT2D eigenvalue weighted by atomic mass is 9.55. The van der Waals surface area contributed by atoms with Gasteiger partial charge in [0.25, 0.3) is 0 Å². The predicted molar refractivity (Wildman–Crippen MR) is 272 cm³/mol. The number of benzene rings is 10. The van der Waals surface area contributed by atoms with Crippen LogP contribution >= 0.6 is 0 Å². The normalized spacial score (nSPS) is 13.6. The van der Waals surface area contributed by atoms with Crippen LogP contribution in [0.4, 0.5) is 17.1 Å².